The molecular weight excluding hydrogens is 270 g/mol. The van der Waals surface area contributed by atoms with Gasteiger partial charge in [-0.1, -0.05) is 34.6 Å². The number of nitrogens with zero attached hydrogens (tertiary/aromatic N) is 1. The molecule has 0 saturated carbocycles. The zero-order valence-electron chi connectivity index (χ0n) is 14.2. The second-order valence-corrected chi connectivity index (χ2v) is 7.35. The van der Waals surface area contributed by atoms with Gasteiger partial charge in [0.15, 0.2) is 0 Å². The van der Waals surface area contributed by atoms with Crippen molar-refractivity contribution < 1.29 is 9.59 Å². The molecule has 0 aromatic heterocycles. The minimum atomic E-state index is -0.357. The van der Waals surface area contributed by atoms with Crippen LogP contribution in [0, 0.1) is 5.92 Å². The lowest BCUT2D eigenvalue weighted by atomic mass is 9.91. The molecular formula is C16H31NO2S. The van der Waals surface area contributed by atoms with E-state index in [9.17, 15) is 9.59 Å². The van der Waals surface area contributed by atoms with Crippen molar-refractivity contribution in [3.63, 3.8) is 0 Å². The average molecular weight is 301 g/mol. The van der Waals surface area contributed by atoms with Crippen LogP contribution in [0.1, 0.15) is 67.7 Å². The first kappa shape index (κ1) is 19.5. The first-order valence-corrected chi connectivity index (χ1v) is 8.83. The Morgan fingerprint density at radius 1 is 1.30 bits per heavy atom. The van der Waals surface area contributed by atoms with E-state index in [1.807, 2.05) is 27.7 Å². The first-order valence-electron chi connectivity index (χ1n) is 7.78. The molecule has 1 atom stereocenters. The van der Waals surface area contributed by atoms with Crippen molar-refractivity contribution in [2.24, 2.45) is 5.92 Å². The van der Waals surface area contributed by atoms with Crippen molar-refractivity contribution in [3.8, 4) is 0 Å². The monoisotopic (exact) mass is 301 g/mol. The Bertz CT molecular complexity index is 326. The summed E-state index contributed by atoms with van der Waals surface area (Å²) in [6.07, 6.45) is 2.28. The largest absolute Gasteiger partial charge is 0.276 e. The number of imide groups is 1. The molecule has 1 fully saturated rings. The van der Waals surface area contributed by atoms with Gasteiger partial charge in [-0.15, -0.1) is 11.8 Å². The molecule has 1 saturated heterocycles. The Labute approximate surface area is 128 Å². The minimum absolute atomic E-state index is 0.000692. The molecule has 0 aliphatic carbocycles. The summed E-state index contributed by atoms with van der Waals surface area (Å²) >= 11 is 1.62. The number of carbonyl (C=O) groups excluding carboxylic acids is 2. The summed E-state index contributed by atoms with van der Waals surface area (Å²) in [5.41, 5.74) is -0.357. The molecule has 0 spiro atoms. The van der Waals surface area contributed by atoms with Gasteiger partial charge in [0.05, 0.1) is 5.25 Å². The van der Waals surface area contributed by atoms with Crippen LogP contribution >= 0.6 is 11.8 Å². The average Bonchev–Trinajstić information content (AvgIpc) is 2.63. The predicted molar refractivity (Wildman–Crippen MR) is 87.9 cm³/mol. The molecule has 2 amide bonds. The summed E-state index contributed by atoms with van der Waals surface area (Å²) in [4.78, 5) is 25.9. The zero-order chi connectivity index (χ0) is 15.9. The van der Waals surface area contributed by atoms with Gasteiger partial charge in [-0.3, -0.25) is 14.5 Å². The van der Waals surface area contributed by atoms with Gasteiger partial charge in [-0.2, -0.15) is 0 Å². The molecule has 0 bridgehead atoms. The van der Waals surface area contributed by atoms with Crippen molar-refractivity contribution in [2.45, 2.75) is 78.5 Å². The Kier molecular flexibility index (Phi) is 8.48. The van der Waals surface area contributed by atoms with Crippen LogP contribution in [0.15, 0.2) is 0 Å². The zero-order valence-corrected chi connectivity index (χ0v) is 15.0. The van der Waals surface area contributed by atoms with Crippen LogP contribution < -0.4 is 0 Å². The fourth-order valence-corrected chi connectivity index (χ4v) is 3.75. The summed E-state index contributed by atoms with van der Waals surface area (Å²) in [5, 5.41) is -0.149. The maximum Gasteiger partial charge on any atom is 0.243 e. The third kappa shape index (κ3) is 5.12. The van der Waals surface area contributed by atoms with E-state index in [4.69, 9.17) is 0 Å². The smallest absolute Gasteiger partial charge is 0.243 e. The molecule has 20 heavy (non-hydrogen) atoms. The molecule has 3 nitrogen and oxygen atoms in total. The van der Waals surface area contributed by atoms with E-state index >= 15 is 0 Å². The molecule has 1 aliphatic rings. The second kappa shape index (κ2) is 8.71. The van der Waals surface area contributed by atoms with Crippen LogP contribution in [0.4, 0.5) is 0 Å². The van der Waals surface area contributed by atoms with Gasteiger partial charge in [0.25, 0.3) is 0 Å². The third-order valence-corrected chi connectivity index (χ3v) is 4.56. The molecule has 0 aromatic rings. The second-order valence-electron chi connectivity index (χ2n) is 6.04. The topological polar surface area (TPSA) is 37.4 Å². The number of hydrogen-bond donors (Lipinski definition) is 0. The molecule has 0 N–H and O–H groups in total. The van der Waals surface area contributed by atoms with Gasteiger partial charge >= 0.3 is 0 Å². The molecule has 1 rings (SSSR count). The summed E-state index contributed by atoms with van der Waals surface area (Å²) in [6, 6.07) is 0. The van der Waals surface area contributed by atoms with E-state index in [2.05, 4.69) is 20.8 Å². The molecule has 0 aromatic carbocycles. The Morgan fingerprint density at radius 2 is 1.85 bits per heavy atom. The first-order chi connectivity index (χ1) is 9.29. The van der Waals surface area contributed by atoms with E-state index in [-0.39, 0.29) is 22.6 Å². The van der Waals surface area contributed by atoms with Gasteiger partial charge in [-0.05, 0) is 38.4 Å². The van der Waals surface area contributed by atoms with Gasteiger partial charge in [-0.25, -0.2) is 0 Å². The van der Waals surface area contributed by atoms with Gasteiger partial charge in [0.1, 0.15) is 0 Å². The fraction of sp³-hybridized carbons (Fsp3) is 0.875. The number of likely N-dealkylation sites (tertiary alicyclic amines) is 1. The van der Waals surface area contributed by atoms with Gasteiger partial charge in [0.2, 0.25) is 11.8 Å². The minimum Gasteiger partial charge on any atom is -0.276 e. The Morgan fingerprint density at radius 3 is 2.30 bits per heavy atom. The Hall–Kier alpha value is -0.510. The molecule has 1 aliphatic heterocycles. The molecule has 1 heterocycles. The van der Waals surface area contributed by atoms with E-state index in [1.165, 1.54) is 4.90 Å². The summed E-state index contributed by atoms with van der Waals surface area (Å²) < 4.78 is 0. The summed E-state index contributed by atoms with van der Waals surface area (Å²) in [6.45, 7) is 14.3. The lowest BCUT2D eigenvalue weighted by molar-refractivity contribution is -0.144. The van der Waals surface area contributed by atoms with Crippen LogP contribution in [0.3, 0.4) is 0 Å². The predicted octanol–water partition coefficient (Wildman–Crippen LogP) is 4.11. The number of rotatable bonds is 6. The van der Waals surface area contributed by atoms with Gasteiger partial charge < -0.3 is 0 Å². The van der Waals surface area contributed by atoms with Crippen molar-refractivity contribution in [1.29, 1.82) is 0 Å². The lowest BCUT2D eigenvalue weighted by Gasteiger charge is -2.35. The normalized spacial score (nSPS) is 19.4. The molecule has 1 unspecified atom stereocenters. The van der Waals surface area contributed by atoms with E-state index in [0.29, 0.717) is 12.3 Å². The lowest BCUT2D eigenvalue weighted by Crippen LogP contribution is -2.48. The number of hydrogen-bond acceptors (Lipinski definition) is 3. The molecule has 118 valence electrons. The maximum absolute atomic E-state index is 12.3. The standard InChI is InChI=1S/C14H25NO2S.C2H6/c1-6-7-18-11-8-12(16)15(13(11)17)14(4,5)9-10(2)3;1-2/h10-11H,6-9H2,1-5H3;1-2H3. The number of amides is 2. The highest BCUT2D eigenvalue weighted by Crippen LogP contribution is 2.33. The maximum atomic E-state index is 12.3. The molecule has 0 radical (unpaired) electrons. The van der Waals surface area contributed by atoms with Crippen LogP contribution in [0.5, 0.6) is 0 Å². The van der Waals surface area contributed by atoms with Crippen LogP contribution in [0.2, 0.25) is 0 Å². The van der Waals surface area contributed by atoms with Gasteiger partial charge in [0, 0.05) is 12.0 Å². The van der Waals surface area contributed by atoms with E-state index in [0.717, 1.165) is 18.6 Å². The quantitative estimate of drug-likeness (QED) is 0.693. The molecule has 4 heteroatoms. The van der Waals surface area contributed by atoms with Crippen molar-refractivity contribution in [3.05, 3.63) is 0 Å². The SMILES string of the molecule is CC.CCCSC1CC(=O)N(C(C)(C)CC(C)C)C1=O. The van der Waals surface area contributed by atoms with E-state index < -0.39 is 0 Å². The van der Waals surface area contributed by atoms with Crippen LogP contribution in [-0.2, 0) is 9.59 Å². The highest BCUT2D eigenvalue weighted by atomic mass is 32.2. The van der Waals surface area contributed by atoms with Crippen LogP contribution in [0.25, 0.3) is 0 Å². The fourth-order valence-electron chi connectivity index (χ4n) is 2.72. The highest BCUT2D eigenvalue weighted by Gasteiger charge is 2.45. The van der Waals surface area contributed by atoms with Crippen LogP contribution in [-0.4, -0.2) is 33.3 Å². The number of thioether (sulfide) groups is 1. The van der Waals surface area contributed by atoms with Crippen molar-refractivity contribution in [1.82, 2.24) is 4.90 Å². The van der Waals surface area contributed by atoms with Crippen molar-refractivity contribution in [2.75, 3.05) is 5.75 Å². The highest BCUT2D eigenvalue weighted by molar-refractivity contribution is 8.00. The van der Waals surface area contributed by atoms with E-state index in [1.54, 1.807) is 11.8 Å². The summed E-state index contributed by atoms with van der Waals surface area (Å²) in [7, 11) is 0. The Balaban J connectivity index is 0.00000172. The third-order valence-electron chi connectivity index (χ3n) is 3.14. The number of carbonyl (C=O) groups is 2. The summed E-state index contributed by atoms with van der Waals surface area (Å²) in [5.74, 6) is 1.44. The van der Waals surface area contributed by atoms with Crippen molar-refractivity contribution >= 4 is 23.6 Å².